The number of nitrogens with one attached hydrogen (secondary N) is 1. The summed E-state index contributed by atoms with van der Waals surface area (Å²) in [5.74, 6) is 0.115. The second-order valence-corrected chi connectivity index (χ2v) is 8.20. The number of nitro benzene ring substituents is 1. The van der Waals surface area contributed by atoms with Gasteiger partial charge in [-0.2, -0.15) is 0 Å². The van der Waals surface area contributed by atoms with Crippen LogP contribution in [0.15, 0.2) is 46.2 Å². The van der Waals surface area contributed by atoms with E-state index in [4.69, 9.17) is 4.42 Å². The minimum absolute atomic E-state index is 0.0710. The Morgan fingerprint density at radius 1 is 1.25 bits per heavy atom. The Kier molecular flexibility index (Phi) is 6.69. The van der Waals surface area contributed by atoms with Crippen molar-refractivity contribution in [2.24, 2.45) is 0 Å². The Balaban J connectivity index is 1.47. The molecule has 0 saturated carbocycles. The van der Waals surface area contributed by atoms with Gasteiger partial charge in [-0.3, -0.25) is 19.5 Å². The molecule has 1 fully saturated rings. The molecule has 4 rings (SSSR count). The molecule has 0 radical (unpaired) electrons. The van der Waals surface area contributed by atoms with Crippen LogP contribution in [-0.4, -0.2) is 44.4 Å². The summed E-state index contributed by atoms with van der Waals surface area (Å²) in [4.78, 5) is 24.8. The summed E-state index contributed by atoms with van der Waals surface area (Å²) in [5.41, 5.74) is -0.547. The third-order valence-corrected chi connectivity index (χ3v) is 5.96. The lowest BCUT2D eigenvalue weighted by Gasteiger charge is -2.27. The number of halogens is 1. The maximum absolute atomic E-state index is 14.0. The van der Waals surface area contributed by atoms with E-state index in [2.05, 4.69) is 20.4 Å². The number of rotatable bonds is 8. The molecule has 1 aliphatic rings. The van der Waals surface area contributed by atoms with Crippen LogP contribution in [0, 0.1) is 15.9 Å². The lowest BCUT2D eigenvalue weighted by molar-refractivity contribution is -0.384. The number of piperidine rings is 1. The molecule has 0 spiro atoms. The number of nitrogens with zero attached hydrogens (tertiary/aromatic N) is 5. The molecule has 0 aliphatic carbocycles. The summed E-state index contributed by atoms with van der Waals surface area (Å²) >= 11 is 1.15. The first-order valence-electron chi connectivity index (χ1n) is 10.1. The fourth-order valence-corrected chi connectivity index (χ4v) is 4.18. The van der Waals surface area contributed by atoms with E-state index in [-0.39, 0.29) is 17.1 Å². The highest BCUT2D eigenvalue weighted by atomic mass is 32.2. The fourth-order valence-electron chi connectivity index (χ4n) is 3.45. The zero-order valence-corrected chi connectivity index (χ0v) is 17.9. The smallest absolute Gasteiger partial charge is 0.271 e. The quantitative estimate of drug-likeness (QED) is 0.307. The van der Waals surface area contributed by atoms with Gasteiger partial charge >= 0.3 is 0 Å². The van der Waals surface area contributed by atoms with Gasteiger partial charge in [-0.05, 0) is 37.5 Å². The molecule has 1 saturated heterocycles. The average Bonchev–Trinajstić information content (AvgIpc) is 3.45. The first-order valence-corrected chi connectivity index (χ1v) is 11.1. The molecular formula is C20H21FN6O4S. The maximum Gasteiger partial charge on any atom is 0.271 e. The normalized spacial score (nSPS) is 13.8. The molecule has 3 aromatic rings. The number of carbonyl (C=O) groups is 1. The number of nitro groups is 1. The number of aromatic nitrogens is 3. The molecule has 0 unspecified atom stereocenters. The molecular weight excluding hydrogens is 439 g/mol. The number of benzene rings is 1. The monoisotopic (exact) mass is 460 g/mol. The summed E-state index contributed by atoms with van der Waals surface area (Å²) in [6.45, 7) is 2.18. The van der Waals surface area contributed by atoms with Crippen molar-refractivity contribution < 1.29 is 18.5 Å². The number of non-ortho nitro benzene ring substituents is 1. The lowest BCUT2D eigenvalue weighted by Crippen LogP contribution is -2.32. The summed E-state index contributed by atoms with van der Waals surface area (Å²) < 4.78 is 21.3. The van der Waals surface area contributed by atoms with Gasteiger partial charge < -0.3 is 14.6 Å². The van der Waals surface area contributed by atoms with E-state index in [9.17, 15) is 19.3 Å². The zero-order chi connectivity index (χ0) is 22.5. The standard InChI is InChI=1S/C20H21FN6O4S/c21-16-7-6-14(27(29)30)11-17(16)22-18(28)13-32-20-24-23-19(25-8-2-1-3-9-25)26(20)12-15-5-4-10-31-15/h4-7,10-11H,1-3,8-9,12-13H2,(H,22,28). The molecule has 32 heavy (non-hydrogen) atoms. The molecule has 168 valence electrons. The number of hydrogen-bond acceptors (Lipinski definition) is 8. The van der Waals surface area contributed by atoms with E-state index in [0.717, 1.165) is 61.7 Å². The molecule has 1 N–H and O–H groups in total. The van der Waals surface area contributed by atoms with Crippen LogP contribution in [0.5, 0.6) is 0 Å². The number of carbonyl (C=O) groups excluding carboxylic acids is 1. The highest BCUT2D eigenvalue weighted by Crippen LogP contribution is 2.26. The molecule has 1 amide bonds. The third-order valence-electron chi connectivity index (χ3n) is 5.00. The SMILES string of the molecule is O=C(CSc1nnc(N2CCCCC2)n1Cc1ccco1)Nc1cc([N+](=O)[O-])ccc1F. The van der Waals surface area contributed by atoms with Gasteiger partial charge in [0.05, 0.1) is 29.2 Å². The summed E-state index contributed by atoms with van der Waals surface area (Å²) in [6, 6.07) is 6.64. The first kappa shape index (κ1) is 21.8. The predicted molar refractivity (Wildman–Crippen MR) is 116 cm³/mol. The minimum Gasteiger partial charge on any atom is -0.467 e. The van der Waals surface area contributed by atoms with Crippen LogP contribution in [0.2, 0.25) is 0 Å². The number of hydrogen-bond donors (Lipinski definition) is 1. The van der Waals surface area contributed by atoms with Crippen molar-refractivity contribution in [1.29, 1.82) is 0 Å². The van der Waals surface area contributed by atoms with Crippen LogP contribution in [0.3, 0.4) is 0 Å². The van der Waals surface area contributed by atoms with E-state index in [1.54, 1.807) is 12.3 Å². The third kappa shape index (κ3) is 5.07. The van der Waals surface area contributed by atoms with Gasteiger partial charge in [0.25, 0.3) is 5.69 Å². The van der Waals surface area contributed by atoms with Crippen LogP contribution in [-0.2, 0) is 11.3 Å². The maximum atomic E-state index is 14.0. The van der Waals surface area contributed by atoms with Gasteiger partial charge in [-0.25, -0.2) is 4.39 Å². The number of amides is 1. The van der Waals surface area contributed by atoms with Gasteiger partial charge in [0.1, 0.15) is 11.6 Å². The largest absolute Gasteiger partial charge is 0.467 e. The first-order chi connectivity index (χ1) is 15.5. The average molecular weight is 460 g/mol. The van der Waals surface area contributed by atoms with Gasteiger partial charge in [-0.1, -0.05) is 11.8 Å². The van der Waals surface area contributed by atoms with Crippen molar-refractivity contribution in [3.05, 3.63) is 58.3 Å². The minimum atomic E-state index is -0.748. The summed E-state index contributed by atoms with van der Waals surface area (Å²) in [5, 5.41) is 22.4. The Morgan fingerprint density at radius 3 is 2.78 bits per heavy atom. The Hall–Kier alpha value is -3.41. The predicted octanol–water partition coefficient (Wildman–Crippen LogP) is 3.69. The highest BCUT2D eigenvalue weighted by molar-refractivity contribution is 7.99. The Bertz CT molecular complexity index is 1100. The van der Waals surface area contributed by atoms with Crippen LogP contribution >= 0.6 is 11.8 Å². The fraction of sp³-hybridized carbons (Fsp3) is 0.350. The number of anilines is 2. The van der Waals surface area contributed by atoms with E-state index in [0.29, 0.717) is 17.6 Å². The summed E-state index contributed by atoms with van der Waals surface area (Å²) in [6.07, 6.45) is 4.92. The van der Waals surface area contributed by atoms with Gasteiger partial charge in [0, 0.05) is 25.2 Å². The number of furan rings is 1. The van der Waals surface area contributed by atoms with Crippen molar-refractivity contribution >= 4 is 35.0 Å². The van der Waals surface area contributed by atoms with E-state index in [1.165, 1.54) is 6.42 Å². The topological polar surface area (TPSA) is 119 Å². The van der Waals surface area contributed by atoms with Crippen molar-refractivity contribution in [2.45, 2.75) is 31.0 Å². The second kappa shape index (κ2) is 9.81. The lowest BCUT2D eigenvalue weighted by atomic mass is 10.1. The van der Waals surface area contributed by atoms with Crippen LogP contribution in [0.25, 0.3) is 0 Å². The van der Waals surface area contributed by atoms with Crippen molar-refractivity contribution in [3.63, 3.8) is 0 Å². The van der Waals surface area contributed by atoms with Crippen molar-refractivity contribution in [1.82, 2.24) is 14.8 Å². The molecule has 12 heteroatoms. The van der Waals surface area contributed by atoms with Gasteiger partial charge in [-0.15, -0.1) is 10.2 Å². The van der Waals surface area contributed by atoms with Crippen LogP contribution in [0.1, 0.15) is 25.0 Å². The molecule has 10 nitrogen and oxygen atoms in total. The Morgan fingerprint density at radius 2 is 2.06 bits per heavy atom. The molecule has 1 aliphatic heterocycles. The zero-order valence-electron chi connectivity index (χ0n) is 17.1. The van der Waals surface area contributed by atoms with Gasteiger partial charge in [0.2, 0.25) is 11.9 Å². The van der Waals surface area contributed by atoms with E-state index >= 15 is 0 Å². The van der Waals surface area contributed by atoms with E-state index < -0.39 is 16.6 Å². The van der Waals surface area contributed by atoms with Crippen molar-refractivity contribution in [3.8, 4) is 0 Å². The van der Waals surface area contributed by atoms with Crippen LogP contribution in [0.4, 0.5) is 21.7 Å². The summed E-state index contributed by atoms with van der Waals surface area (Å²) in [7, 11) is 0. The van der Waals surface area contributed by atoms with Crippen LogP contribution < -0.4 is 10.2 Å². The number of thioether (sulfide) groups is 1. The Labute approximate surface area is 186 Å². The van der Waals surface area contributed by atoms with Gasteiger partial charge in [0.15, 0.2) is 5.16 Å². The molecule has 3 heterocycles. The molecule has 2 aromatic heterocycles. The van der Waals surface area contributed by atoms with Crippen molar-refractivity contribution in [2.75, 3.05) is 29.1 Å². The highest BCUT2D eigenvalue weighted by Gasteiger charge is 2.22. The molecule has 0 atom stereocenters. The van der Waals surface area contributed by atoms with E-state index in [1.807, 2.05) is 10.6 Å². The molecule has 0 bridgehead atoms. The molecule has 1 aromatic carbocycles. The second-order valence-electron chi connectivity index (χ2n) is 7.25.